The fraction of sp³-hybridized carbons (Fsp3) is 0.214. The van der Waals surface area contributed by atoms with Crippen LogP contribution >= 0.6 is 0 Å². The van der Waals surface area contributed by atoms with Gasteiger partial charge in [0.25, 0.3) is 0 Å². The van der Waals surface area contributed by atoms with Gasteiger partial charge in [0.15, 0.2) is 5.84 Å². The Hall–Kier alpha value is -2.63. The first-order valence-corrected chi connectivity index (χ1v) is 6.18. The minimum atomic E-state index is -0.00958. The summed E-state index contributed by atoms with van der Waals surface area (Å²) in [6.45, 7) is 2.56. The summed E-state index contributed by atoms with van der Waals surface area (Å²) in [5, 5.41) is 11.8. The molecule has 0 atom stereocenters. The number of nitrogens with two attached hydrogens (primary N) is 1. The predicted molar refractivity (Wildman–Crippen MR) is 77.8 cm³/mol. The van der Waals surface area contributed by atoms with E-state index in [2.05, 4.69) is 15.1 Å². The van der Waals surface area contributed by atoms with Gasteiger partial charge in [0.1, 0.15) is 5.69 Å². The molecule has 2 heterocycles. The Kier molecular flexibility index (Phi) is 4.14. The number of oxime groups is 1. The number of hydrogen-bond acceptors (Lipinski definition) is 5. The Bertz CT molecular complexity index is 626. The number of anilines is 1. The van der Waals surface area contributed by atoms with Crippen molar-refractivity contribution in [2.45, 2.75) is 13.5 Å². The van der Waals surface area contributed by atoms with Crippen LogP contribution in [0.15, 0.2) is 41.7 Å². The summed E-state index contributed by atoms with van der Waals surface area (Å²) in [6.07, 6.45) is 1.61. The van der Waals surface area contributed by atoms with Crippen molar-refractivity contribution in [2.24, 2.45) is 10.9 Å². The molecule has 0 saturated heterocycles. The Morgan fingerprint density at radius 1 is 1.35 bits per heavy atom. The summed E-state index contributed by atoms with van der Waals surface area (Å²) >= 11 is 0. The lowest BCUT2D eigenvalue weighted by atomic mass is 10.2. The number of amidine groups is 1. The van der Waals surface area contributed by atoms with Crippen LogP contribution in [0.2, 0.25) is 0 Å². The quantitative estimate of drug-likeness (QED) is 0.381. The molecule has 6 nitrogen and oxygen atoms in total. The van der Waals surface area contributed by atoms with E-state index in [0.29, 0.717) is 12.2 Å². The second-order valence-electron chi connectivity index (χ2n) is 4.48. The van der Waals surface area contributed by atoms with Crippen LogP contribution in [0.1, 0.15) is 17.1 Å². The summed E-state index contributed by atoms with van der Waals surface area (Å²) < 4.78 is 0. The van der Waals surface area contributed by atoms with Crippen LogP contribution in [0.5, 0.6) is 0 Å². The maximum absolute atomic E-state index is 8.81. The van der Waals surface area contributed by atoms with Crippen LogP contribution in [0, 0.1) is 6.92 Å². The van der Waals surface area contributed by atoms with Crippen molar-refractivity contribution in [2.75, 3.05) is 11.9 Å². The van der Waals surface area contributed by atoms with Crippen LogP contribution in [-0.4, -0.2) is 28.1 Å². The topological polar surface area (TPSA) is 87.6 Å². The van der Waals surface area contributed by atoms with Crippen LogP contribution in [0.4, 0.5) is 5.69 Å². The molecule has 2 rings (SSSR count). The molecule has 0 aliphatic heterocycles. The molecule has 0 aliphatic carbocycles. The molecular weight excluding hydrogens is 254 g/mol. The number of aromatic nitrogens is 2. The molecule has 0 bridgehead atoms. The third-order valence-electron chi connectivity index (χ3n) is 2.89. The van der Waals surface area contributed by atoms with Gasteiger partial charge >= 0.3 is 0 Å². The van der Waals surface area contributed by atoms with Crippen LogP contribution in [-0.2, 0) is 6.54 Å². The summed E-state index contributed by atoms with van der Waals surface area (Å²) in [5.41, 5.74) is 8.80. The van der Waals surface area contributed by atoms with Gasteiger partial charge in [0, 0.05) is 18.9 Å². The lowest BCUT2D eigenvalue weighted by Crippen LogP contribution is -2.24. The van der Waals surface area contributed by atoms with Crippen LogP contribution < -0.4 is 10.6 Å². The molecule has 0 unspecified atom stereocenters. The molecule has 0 fully saturated rings. The molecule has 2 aromatic heterocycles. The molecule has 0 saturated carbocycles. The Balaban J connectivity index is 2.28. The molecule has 0 aromatic carbocycles. The lowest BCUT2D eigenvalue weighted by molar-refractivity contribution is 0.318. The molecule has 0 spiro atoms. The molecule has 104 valence electrons. The number of rotatable bonds is 4. The first-order valence-electron chi connectivity index (χ1n) is 6.18. The van der Waals surface area contributed by atoms with E-state index in [1.165, 1.54) is 0 Å². The van der Waals surface area contributed by atoms with Gasteiger partial charge in [0.2, 0.25) is 0 Å². The molecule has 20 heavy (non-hydrogen) atoms. The van der Waals surface area contributed by atoms with Crippen molar-refractivity contribution in [3.8, 4) is 0 Å². The van der Waals surface area contributed by atoms with Crippen molar-refractivity contribution >= 4 is 11.5 Å². The maximum atomic E-state index is 8.81. The van der Waals surface area contributed by atoms with E-state index in [4.69, 9.17) is 10.9 Å². The van der Waals surface area contributed by atoms with Gasteiger partial charge in [-0.15, -0.1) is 0 Å². The number of nitrogens with zero attached hydrogens (tertiary/aromatic N) is 4. The smallest absolute Gasteiger partial charge is 0.190 e. The Morgan fingerprint density at radius 3 is 2.85 bits per heavy atom. The van der Waals surface area contributed by atoms with Gasteiger partial charge in [0.05, 0.1) is 17.9 Å². The van der Waals surface area contributed by atoms with Gasteiger partial charge in [-0.25, -0.2) is 0 Å². The highest BCUT2D eigenvalue weighted by Crippen LogP contribution is 2.18. The van der Waals surface area contributed by atoms with Crippen molar-refractivity contribution in [3.05, 3.63) is 53.6 Å². The first-order chi connectivity index (χ1) is 9.61. The average Bonchev–Trinajstić information content (AvgIpc) is 2.46. The third-order valence-corrected chi connectivity index (χ3v) is 2.89. The van der Waals surface area contributed by atoms with Gasteiger partial charge in [-0.1, -0.05) is 11.2 Å². The molecule has 0 radical (unpaired) electrons. The minimum absolute atomic E-state index is 0.00958. The fourth-order valence-electron chi connectivity index (χ4n) is 1.97. The summed E-state index contributed by atoms with van der Waals surface area (Å²) in [7, 11) is 1.91. The first kappa shape index (κ1) is 13.8. The summed E-state index contributed by atoms with van der Waals surface area (Å²) in [4.78, 5) is 10.6. The van der Waals surface area contributed by atoms with E-state index < -0.39 is 0 Å². The number of pyridine rings is 2. The highest BCUT2D eigenvalue weighted by atomic mass is 16.4. The van der Waals surface area contributed by atoms with Crippen molar-refractivity contribution in [3.63, 3.8) is 0 Å². The van der Waals surface area contributed by atoms with Crippen molar-refractivity contribution in [1.82, 2.24) is 9.97 Å². The van der Waals surface area contributed by atoms with Gasteiger partial charge in [-0.3, -0.25) is 9.97 Å². The zero-order valence-electron chi connectivity index (χ0n) is 11.5. The highest BCUT2D eigenvalue weighted by Gasteiger charge is 2.12. The molecule has 2 aromatic rings. The van der Waals surface area contributed by atoms with Crippen LogP contribution in [0.25, 0.3) is 0 Å². The SMILES string of the molecule is Cc1cccc(CN(C)c2cccnc2/C(N)=N/O)n1. The molecule has 6 heteroatoms. The summed E-state index contributed by atoms with van der Waals surface area (Å²) in [5.74, 6) is -0.00958. The molecular formula is C14H17N5O. The number of aryl methyl sites for hydroxylation is 1. The van der Waals surface area contributed by atoms with E-state index >= 15 is 0 Å². The van der Waals surface area contributed by atoms with Crippen molar-refractivity contribution < 1.29 is 5.21 Å². The zero-order valence-corrected chi connectivity index (χ0v) is 11.5. The van der Waals surface area contributed by atoms with E-state index in [1.54, 1.807) is 6.20 Å². The van der Waals surface area contributed by atoms with Crippen LogP contribution in [0.3, 0.4) is 0 Å². The second kappa shape index (κ2) is 6.01. The van der Waals surface area contributed by atoms with E-state index in [9.17, 15) is 0 Å². The van der Waals surface area contributed by atoms with Gasteiger partial charge < -0.3 is 15.8 Å². The fourth-order valence-corrected chi connectivity index (χ4v) is 1.97. The van der Waals surface area contributed by atoms with Crippen molar-refractivity contribution in [1.29, 1.82) is 0 Å². The average molecular weight is 271 g/mol. The Morgan fingerprint density at radius 2 is 2.15 bits per heavy atom. The third kappa shape index (κ3) is 3.03. The molecule has 0 aliphatic rings. The zero-order chi connectivity index (χ0) is 14.5. The van der Waals surface area contributed by atoms with Gasteiger partial charge in [-0.05, 0) is 31.2 Å². The number of hydrogen-bond donors (Lipinski definition) is 2. The second-order valence-corrected chi connectivity index (χ2v) is 4.48. The largest absolute Gasteiger partial charge is 0.409 e. The van der Waals surface area contributed by atoms with E-state index in [1.807, 2.05) is 49.2 Å². The van der Waals surface area contributed by atoms with E-state index in [0.717, 1.165) is 17.1 Å². The summed E-state index contributed by atoms with van der Waals surface area (Å²) in [6, 6.07) is 9.57. The van der Waals surface area contributed by atoms with E-state index in [-0.39, 0.29) is 5.84 Å². The normalized spacial score (nSPS) is 11.4. The Labute approximate surface area is 117 Å². The minimum Gasteiger partial charge on any atom is -0.409 e. The monoisotopic (exact) mass is 271 g/mol. The predicted octanol–water partition coefficient (Wildman–Crippen LogP) is 1.52. The molecule has 3 N–H and O–H groups in total. The highest BCUT2D eigenvalue weighted by molar-refractivity contribution is 6.00. The standard InChI is InChI=1S/C14H17N5O/c1-10-5-3-6-11(17-10)9-19(2)12-7-4-8-16-13(12)14(15)18-20/h3-8,20H,9H2,1-2H3,(H2,15,18). The maximum Gasteiger partial charge on any atom is 0.190 e. The lowest BCUT2D eigenvalue weighted by Gasteiger charge is -2.21. The molecule has 0 amide bonds. The van der Waals surface area contributed by atoms with Gasteiger partial charge in [-0.2, -0.15) is 0 Å².